The Bertz CT molecular complexity index is 3840. The van der Waals surface area contributed by atoms with Crippen molar-refractivity contribution in [2.24, 2.45) is 0 Å². The number of benzene rings is 7. The molecule has 4 heterocycles. The third-order valence-electron chi connectivity index (χ3n) is 14.4. The smallest absolute Gasteiger partial charge is 0.145 e. The van der Waals surface area contributed by atoms with Gasteiger partial charge in [-0.1, -0.05) is 150 Å². The number of rotatable bonds is 2. The normalized spacial score (nSPS) is 12.7. The maximum atomic E-state index is 5.33. The van der Waals surface area contributed by atoms with Gasteiger partial charge < -0.3 is 0 Å². The summed E-state index contributed by atoms with van der Waals surface area (Å²) in [7, 11) is 0. The fraction of sp³-hybridized carbons (Fsp3) is 0.172. The summed E-state index contributed by atoms with van der Waals surface area (Å²) in [5.41, 5.74) is 29.2. The van der Waals surface area contributed by atoms with Gasteiger partial charge in [0.1, 0.15) is 12.0 Å². The molecular formula is C64H54BrN5. The molecule has 0 saturated heterocycles. The van der Waals surface area contributed by atoms with E-state index in [0.717, 1.165) is 57.5 Å². The Balaban J connectivity index is 0.000000128. The highest BCUT2D eigenvalue weighted by atomic mass is 79.9. The molecule has 0 spiro atoms. The monoisotopic (exact) mass is 971 g/mol. The van der Waals surface area contributed by atoms with E-state index in [-0.39, 0.29) is 5.41 Å². The van der Waals surface area contributed by atoms with Crippen LogP contribution in [0.1, 0.15) is 82.4 Å². The van der Waals surface area contributed by atoms with E-state index in [2.05, 4.69) is 230 Å². The minimum Gasteiger partial charge on any atom is -0.299 e. The van der Waals surface area contributed by atoms with Gasteiger partial charge in [0.15, 0.2) is 0 Å². The highest BCUT2D eigenvalue weighted by molar-refractivity contribution is 9.10. The van der Waals surface area contributed by atoms with E-state index >= 15 is 0 Å². The molecule has 0 fully saturated rings. The number of nitrogens with zero attached hydrogens (tertiary/aromatic N) is 5. The van der Waals surface area contributed by atoms with Crippen LogP contribution in [0.15, 0.2) is 169 Å². The molecule has 0 N–H and O–H groups in total. The Morgan fingerprint density at radius 2 is 1.01 bits per heavy atom. The third kappa shape index (κ3) is 7.75. The Morgan fingerprint density at radius 3 is 1.63 bits per heavy atom. The van der Waals surface area contributed by atoms with Crippen LogP contribution in [0.2, 0.25) is 0 Å². The molecule has 0 atom stereocenters. The van der Waals surface area contributed by atoms with Gasteiger partial charge in [-0.25, -0.2) is 9.97 Å². The summed E-state index contributed by atoms with van der Waals surface area (Å²) >= 11 is 3.45. The minimum atomic E-state index is 0.254. The van der Waals surface area contributed by atoms with Crippen molar-refractivity contribution in [3.8, 4) is 44.8 Å². The molecule has 3 aliphatic carbocycles. The summed E-state index contributed by atoms with van der Waals surface area (Å²) in [5, 5.41) is 2.44. The molecular weight excluding hydrogens is 919 g/mol. The Labute approximate surface area is 418 Å². The van der Waals surface area contributed by atoms with Crippen molar-refractivity contribution in [3.05, 3.63) is 230 Å². The summed E-state index contributed by atoms with van der Waals surface area (Å²) in [4.78, 5) is 15.0. The van der Waals surface area contributed by atoms with E-state index in [4.69, 9.17) is 9.97 Å². The maximum absolute atomic E-state index is 5.33. The lowest BCUT2D eigenvalue weighted by atomic mass is 9.87. The molecule has 14 rings (SSSR count). The summed E-state index contributed by atoms with van der Waals surface area (Å²) in [6.45, 7) is 15.3. The van der Waals surface area contributed by atoms with Crippen LogP contribution in [0.25, 0.3) is 77.7 Å². The number of aromatic nitrogens is 5. The zero-order valence-electron chi connectivity index (χ0n) is 40.8. The predicted octanol–water partition coefficient (Wildman–Crippen LogP) is 16.3. The summed E-state index contributed by atoms with van der Waals surface area (Å²) in [5.74, 6) is 0. The summed E-state index contributed by atoms with van der Waals surface area (Å²) in [6, 6.07) is 57.1. The summed E-state index contributed by atoms with van der Waals surface area (Å²) in [6.07, 6.45) is 4.74. The molecule has 0 aliphatic heterocycles. The second-order valence-electron chi connectivity index (χ2n) is 20.6. The minimum absolute atomic E-state index is 0.254. The standard InChI is InChI=1S/C33H24N4.C21H17N.C10H13Br/c1-20-10-12-22-16-30-26(25(22)14-20)18-28-27-15-21(2)11-13-31(27)37(33(28)35-30)24-7-5-6-23(17-24)36-19-34-29-8-3-4-9-32(29)36;1-12-3-5-14-9-20-18(16(14)7-12)11-19-17-8-13(2)4-6-15(17)10-21(19)22-20;1-10(2,3)8-5-4-6-9(11)7-8/h3-15,17-19H,16H2,1-2H3;3-8,11H,9-10H2,1-2H3;4-7H,1-3H3. The number of hydrogen-bond donors (Lipinski definition) is 0. The molecule has 342 valence electrons. The first-order valence-electron chi connectivity index (χ1n) is 24.4. The van der Waals surface area contributed by atoms with E-state index in [1.165, 1.54) is 106 Å². The van der Waals surface area contributed by atoms with Crippen LogP contribution < -0.4 is 0 Å². The number of pyridine rings is 2. The molecule has 70 heavy (non-hydrogen) atoms. The zero-order valence-corrected chi connectivity index (χ0v) is 42.4. The Hall–Kier alpha value is -7.41. The van der Waals surface area contributed by atoms with Gasteiger partial charge in [-0.3, -0.25) is 14.1 Å². The van der Waals surface area contributed by atoms with Gasteiger partial charge in [-0.05, 0) is 139 Å². The van der Waals surface area contributed by atoms with Crippen molar-refractivity contribution in [1.29, 1.82) is 0 Å². The van der Waals surface area contributed by atoms with Gasteiger partial charge in [-0.2, -0.15) is 0 Å². The number of imidazole rings is 1. The van der Waals surface area contributed by atoms with Gasteiger partial charge in [0.25, 0.3) is 0 Å². The van der Waals surface area contributed by atoms with Gasteiger partial charge in [-0.15, -0.1) is 0 Å². The molecule has 0 bridgehead atoms. The van der Waals surface area contributed by atoms with Crippen molar-refractivity contribution in [1.82, 2.24) is 24.1 Å². The number of fused-ring (bicyclic) bond motifs is 13. The van der Waals surface area contributed by atoms with Crippen LogP contribution >= 0.6 is 15.9 Å². The first-order chi connectivity index (χ1) is 33.8. The molecule has 0 saturated carbocycles. The number of halogens is 1. The fourth-order valence-electron chi connectivity index (χ4n) is 10.8. The largest absolute Gasteiger partial charge is 0.299 e. The molecule has 6 heteroatoms. The second-order valence-corrected chi connectivity index (χ2v) is 21.5. The first kappa shape index (κ1) is 43.8. The zero-order chi connectivity index (χ0) is 48.0. The van der Waals surface area contributed by atoms with Crippen molar-refractivity contribution < 1.29 is 0 Å². The maximum Gasteiger partial charge on any atom is 0.145 e. The average Bonchev–Trinajstić information content (AvgIpc) is 4.17. The fourth-order valence-corrected chi connectivity index (χ4v) is 11.2. The van der Waals surface area contributed by atoms with Gasteiger partial charge in [0, 0.05) is 62.6 Å². The van der Waals surface area contributed by atoms with Crippen LogP contribution in [-0.2, 0) is 24.7 Å². The quantitative estimate of drug-likeness (QED) is 0.173. The van der Waals surface area contributed by atoms with E-state index in [1.807, 2.05) is 12.4 Å². The van der Waals surface area contributed by atoms with Crippen LogP contribution in [0.5, 0.6) is 0 Å². The van der Waals surface area contributed by atoms with Crippen molar-refractivity contribution in [2.45, 2.75) is 73.1 Å². The summed E-state index contributed by atoms with van der Waals surface area (Å²) < 4.78 is 5.63. The Morgan fingerprint density at radius 1 is 0.457 bits per heavy atom. The van der Waals surface area contributed by atoms with E-state index in [1.54, 1.807) is 0 Å². The van der Waals surface area contributed by atoms with E-state index in [0.29, 0.717) is 0 Å². The number of para-hydroxylation sites is 2. The Kier molecular flexibility index (Phi) is 10.6. The third-order valence-corrected chi connectivity index (χ3v) is 14.9. The molecule has 5 nitrogen and oxygen atoms in total. The lowest BCUT2D eigenvalue weighted by Crippen LogP contribution is -2.10. The highest BCUT2D eigenvalue weighted by Gasteiger charge is 2.27. The topological polar surface area (TPSA) is 48.5 Å². The molecule has 7 aromatic carbocycles. The molecule has 0 amide bonds. The van der Waals surface area contributed by atoms with Gasteiger partial charge in [0.05, 0.1) is 33.6 Å². The average molecular weight is 973 g/mol. The van der Waals surface area contributed by atoms with Crippen LogP contribution in [0.3, 0.4) is 0 Å². The van der Waals surface area contributed by atoms with E-state index < -0.39 is 0 Å². The van der Waals surface area contributed by atoms with Crippen LogP contribution in [0, 0.1) is 27.7 Å². The molecule has 0 unspecified atom stereocenters. The van der Waals surface area contributed by atoms with E-state index in [9.17, 15) is 0 Å². The predicted molar refractivity (Wildman–Crippen MR) is 294 cm³/mol. The van der Waals surface area contributed by atoms with Gasteiger partial charge in [0.2, 0.25) is 0 Å². The first-order valence-corrected chi connectivity index (χ1v) is 25.2. The molecule has 11 aromatic rings. The highest BCUT2D eigenvalue weighted by Crippen LogP contribution is 2.44. The number of hydrogen-bond acceptors (Lipinski definition) is 3. The van der Waals surface area contributed by atoms with Crippen molar-refractivity contribution in [2.75, 3.05) is 0 Å². The molecule has 4 aromatic heterocycles. The molecule has 3 aliphatic rings. The van der Waals surface area contributed by atoms with Crippen molar-refractivity contribution in [3.63, 3.8) is 0 Å². The molecule has 0 radical (unpaired) electrons. The lowest BCUT2D eigenvalue weighted by molar-refractivity contribution is 0.590. The van der Waals surface area contributed by atoms with Crippen LogP contribution in [-0.4, -0.2) is 24.1 Å². The van der Waals surface area contributed by atoms with Gasteiger partial charge >= 0.3 is 0 Å². The number of aryl methyl sites for hydroxylation is 4. The lowest BCUT2D eigenvalue weighted by Gasteiger charge is -2.18. The van der Waals surface area contributed by atoms with Crippen molar-refractivity contribution >= 4 is 48.9 Å². The second kappa shape index (κ2) is 16.9. The van der Waals surface area contributed by atoms with Crippen LogP contribution in [0.4, 0.5) is 0 Å². The SMILES string of the molecule is CC(C)(C)c1cccc(Br)c1.Cc1ccc2c(c1)-c1cc3c(nc1C2)Cc1ccc(C)cc1-3.Cc1ccc2c(c1)-c1cc3c4cc(C)ccc4n(-c4cccc(-n5cnc6ccccc65)c4)c3nc1C2.